The number of para-hydroxylation sites is 1. The molecule has 0 aliphatic heterocycles. The lowest BCUT2D eigenvalue weighted by molar-refractivity contribution is 1.19. The molecule has 7 rings (SSSR count). The van der Waals surface area contributed by atoms with Crippen molar-refractivity contribution < 1.29 is 0 Å². The first-order valence-corrected chi connectivity index (χ1v) is 11.1. The smallest absolute Gasteiger partial charge is 0.188 e. The van der Waals surface area contributed by atoms with E-state index in [1.165, 1.54) is 37.7 Å². The highest BCUT2D eigenvalue weighted by molar-refractivity contribution is 6.25. The van der Waals surface area contributed by atoms with Gasteiger partial charge in [0.1, 0.15) is 0 Å². The van der Waals surface area contributed by atoms with Gasteiger partial charge in [-0.3, -0.25) is 0 Å². The van der Waals surface area contributed by atoms with Gasteiger partial charge in [-0.15, -0.1) is 0 Å². The Bertz CT molecular complexity index is 1900. The molecule has 7 aromatic rings. The number of aromatic nitrogens is 1. The molecule has 0 bridgehead atoms. The summed E-state index contributed by atoms with van der Waals surface area (Å²) in [5.41, 5.74) is 4.07. The van der Waals surface area contributed by atoms with Crippen LogP contribution in [0.5, 0.6) is 0 Å². The Morgan fingerprint density at radius 3 is 1.67 bits per heavy atom. The van der Waals surface area contributed by atoms with E-state index in [2.05, 4.69) is 106 Å². The highest BCUT2D eigenvalue weighted by atomic mass is 15.0. The minimum atomic E-state index is 0.668. The van der Waals surface area contributed by atoms with E-state index in [-0.39, 0.29) is 0 Å². The Morgan fingerprint density at radius 2 is 1.00 bits per heavy atom. The number of hydrogen-bond donors (Lipinski definition) is 0. The van der Waals surface area contributed by atoms with Gasteiger partial charge in [-0.1, -0.05) is 78.9 Å². The zero-order valence-corrected chi connectivity index (χ0v) is 17.8. The molecule has 1 heterocycles. The number of hydrogen-bond acceptors (Lipinski definition) is 0. The second kappa shape index (κ2) is 6.69. The Morgan fingerprint density at radius 1 is 0.455 bits per heavy atom. The average Bonchev–Trinajstić information content (AvgIpc) is 3.22. The average molecular weight is 418 g/mol. The predicted molar refractivity (Wildman–Crippen MR) is 140 cm³/mol. The van der Waals surface area contributed by atoms with Crippen LogP contribution < -0.4 is 0 Å². The molecule has 1 aromatic heterocycles. The molecular weight excluding hydrogens is 400 g/mol. The lowest BCUT2D eigenvalue weighted by atomic mass is 9.94. The first kappa shape index (κ1) is 18.0. The predicted octanol–water partition coefficient (Wildman–Crippen LogP) is 8.79. The molecule has 0 radical (unpaired) electrons. The van der Waals surface area contributed by atoms with Crippen LogP contribution in [-0.4, -0.2) is 4.57 Å². The summed E-state index contributed by atoms with van der Waals surface area (Å²) in [6.45, 7) is 7.45. The van der Waals surface area contributed by atoms with Crippen LogP contribution in [0.2, 0.25) is 0 Å². The van der Waals surface area contributed by atoms with Crippen molar-refractivity contribution >= 4 is 59.8 Å². The second-order valence-electron chi connectivity index (χ2n) is 8.49. The van der Waals surface area contributed by atoms with Crippen LogP contribution in [0.3, 0.4) is 0 Å². The van der Waals surface area contributed by atoms with Gasteiger partial charge in [0.15, 0.2) is 5.69 Å². The summed E-state index contributed by atoms with van der Waals surface area (Å²) in [6, 6.07) is 38.6. The highest BCUT2D eigenvalue weighted by Crippen LogP contribution is 2.38. The first-order chi connectivity index (χ1) is 16.3. The third-order valence-electron chi connectivity index (χ3n) is 6.77. The van der Waals surface area contributed by atoms with Crippen molar-refractivity contribution in [2.75, 3.05) is 0 Å². The van der Waals surface area contributed by atoms with Crippen molar-refractivity contribution in [3.8, 4) is 5.69 Å². The molecule has 0 aliphatic carbocycles. The quantitative estimate of drug-likeness (QED) is 0.186. The fourth-order valence-electron chi connectivity index (χ4n) is 5.34. The molecule has 6 aromatic carbocycles. The molecule has 2 nitrogen and oxygen atoms in total. The van der Waals surface area contributed by atoms with Crippen molar-refractivity contribution in [3.63, 3.8) is 0 Å². The molecule has 0 unspecified atom stereocenters. The Labute approximate surface area is 190 Å². The zero-order chi connectivity index (χ0) is 21.9. The molecule has 0 saturated heterocycles. The van der Waals surface area contributed by atoms with Gasteiger partial charge in [0, 0.05) is 11.1 Å². The monoisotopic (exact) mass is 418 g/mol. The van der Waals surface area contributed by atoms with Crippen LogP contribution in [-0.2, 0) is 0 Å². The van der Waals surface area contributed by atoms with Gasteiger partial charge in [0.2, 0.25) is 0 Å². The van der Waals surface area contributed by atoms with E-state index in [0.717, 1.165) is 22.1 Å². The summed E-state index contributed by atoms with van der Waals surface area (Å²) in [7, 11) is 0. The number of nitrogens with zero attached hydrogens (tertiary/aromatic N) is 2. The summed E-state index contributed by atoms with van der Waals surface area (Å²) in [5.74, 6) is 0. The van der Waals surface area contributed by atoms with Gasteiger partial charge in [-0.25, -0.2) is 4.85 Å². The van der Waals surface area contributed by atoms with Crippen molar-refractivity contribution in [2.24, 2.45) is 0 Å². The molecule has 0 amide bonds. The Hall–Kier alpha value is -4.61. The molecule has 0 saturated carbocycles. The summed E-state index contributed by atoms with van der Waals surface area (Å²) in [6.07, 6.45) is 0. The van der Waals surface area contributed by atoms with Crippen LogP contribution >= 0.6 is 0 Å². The lowest BCUT2D eigenvalue weighted by Gasteiger charge is -2.13. The van der Waals surface area contributed by atoms with E-state index in [4.69, 9.17) is 6.57 Å². The van der Waals surface area contributed by atoms with Crippen LogP contribution in [0.1, 0.15) is 0 Å². The number of fused-ring (bicyclic) bond motifs is 9. The standard InChI is InChI=1S/C31H18N2/c1-32-20-14-17-31-29(18-20)27-12-6-7-13-30(27)33(31)21-15-16-26-24-10-3-2-8-22(24)23-9-4-5-11-25(23)28(26)19-21/h2-19H. The number of rotatable bonds is 1. The molecule has 0 spiro atoms. The van der Waals surface area contributed by atoms with Gasteiger partial charge in [0.05, 0.1) is 17.6 Å². The molecule has 33 heavy (non-hydrogen) atoms. The van der Waals surface area contributed by atoms with Crippen molar-refractivity contribution in [1.29, 1.82) is 0 Å². The van der Waals surface area contributed by atoms with Crippen LogP contribution in [0.25, 0.3) is 64.7 Å². The first-order valence-electron chi connectivity index (χ1n) is 11.1. The maximum Gasteiger partial charge on any atom is 0.188 e. The van der Waals surface area contributed by atoms with Crippen molar-refractivity contribution in [3.05, 3.63) is 121 Å². The van der Waals surface area contributed by atoms with E-state index >= 15 is 0 Å². The van der Waals surface area contributed by atoms with Gasteiger partial charge in [0.25, 0.3) is 0 Å². The van der Waals surface area contributed by atoms with Crippen molar-refractivity contribution in [1.82, 2.24) is 4.57 Å². The second-order valence-corrected chi connectivity index (χ2v) is 8.49. The van der Waals surface area contributed by atoms with Gasteiger partial charge in [-0.2, -0.15) is 0 Å². The van der Waals surface area contributed by atoms with Gasteiger partial charge >= 0.3 is 0 Å². The summed E-state index contributed by atoms with van der Waals surface area (Å²) >= 11 is 0. The topological polar surface area (TPSA) is 9.29 Å². The van der Waals surface area contributed by atoms with E-state index in [0.29, 0.717) is 5.69 Å². The van der Waals surface area contributed by atoms with Gasteiger partial charge < -0.3 is 4.57 Å². The lowest BCUT2D eigenvalue weighted by Crippen LogP contribution is -1.94. The molecule has 0 aliphatic rings. The molecule has 2 heteroatoms. The fourth-order valence-corrected chi connectivity index (χ4v) is 5.34. The Kier molecular flexibility index (Phi) is 3.65. The summed E-state index contributed by atoms with van der Waals surface area (Å²) in [4.78, 5) is 3.65. The highest BCUT2D eigenvalue weighted by Gasteiger charge is 2.14. The third kappa shape index (κ3) is 2.48. The fraction of sp³-hybridized carbons (Fsp3) is 0. The number of benzene rings is 6. The summed E-state index contributed by atoms with van der Waals surface area (Å²) in [5, 5.41) is 9.92. The Balaban J connectivity index is 1.64. The van der Waals surface area contributed by atoms with E-state index < -0.39 is 0 Å². The van der Waals surface area contributed by atoms with E-state index in [1.54, 1.807) is 0 Å². The van der Waals surface area contributed by atoms with Crippen LogP contribution in [0.4, 0.5) is 5.69 Å². The SMILES string of the molecule is [C-]#[N+]c1ccc2c(c1)c1ccccc1n2-c1ccc2c3ccccc3c3ccccc3c2c1. The normalized spacial score (nSPS) is 11.6. The maximum absolute atomic E-state index is 7.45. The van der Waals surface area contributed by atoms with Crippen LogP contribution in [0, 0.1) is 6.57 Å². The summed E-state index contributed by atoms with van der Waals surface area (Å²) < 4.78 is 2.32. The zero-order valence-electron chi connectivity index (χ0n) is 17.8. The minimum Gasteiger partial charge on any atom is -0.309 e. The minimum absolute atomic E-state index is 0.668. The van der Waals surface area contributed by atoms with Crippen molar-refractivity contribution in [2.45, 2.75) is 0 Å². The molecular formula is C31H18N2. The third-order valence-corrected chi connectivity index (χ3v) is 6.77. The van der Waals surface area contributed by atoms with Crippen LogP contribution in [0.15, 0.2) is 109 Å². The van der Waals surface area contributed by atoms with E-state index in [1.807, 2.05) is 12.1 Å². The largest absolute Gasteiger partial charge is 0.309 e. The molecule has 152 valence electrons. The maximum atomic E-state index is 7.45. The van der Waals surface area contributed by atoms with Gasteiger partial charge in [-0.05, 0) is 68.0 Å². The molecule has 0 atom stereocenters. The van der Waals surface area contributed by atoms with E-state index in [9.17, 15) is 0 Å². The molecule has 0 fully saturated rings. The molecule has 0 N–H and O–H groups in total.